The fourth-order valence-electron chi connectivity index (χ4n) is 3.55. The van der Waals surface area contributed by atoms with E-state index in [1.807, 2.05) is 0 Å². The van der Waals surface area contributed by atoms with E-state index in [2.05, 4.69) is 19.9 Å². The molecule has 0 bridgehead atoms. The number of aromatic nitrogens is 1. The molecule has 1 aliphatic heterocycles. The molecular weight excluding hydrogens is 503 g/mol. The summed E-state index contributed by atoms with van der Waals surface area (Å²) in [6, 6.07) is 10.6. The Morgan fingerprint density at radius 1 is 1.21 bits per heavy atom. The molecule has 0 radical (unpaired) electrons. The van der Waals surface area contributed by atoms with Crippen LogP contribution < -0.4 is 19.7 Å². The molecule has 0 aliphatic carbocycles. The number of rotatable bonds is 8. The highest BCUT2D eigenvalue weighted by Gasteiger charge is 2.22. The van der Waals surface area contributed by atoms with Gasteiger partial charge in [0.05, 0.1) is 9.92 Å². The van der Waals surface area contributed by atoms with Gasteiger partial charge in [-0.25, -0.2) is 17.8 Å². The summed E-state index contributed by atoms with van der Waals surface area (Å²) in [6.45, 7) is 1.23. The van der Waals surface area contributed by atoms with Crippen LogP contribution in [0.25, 0.3) is 0 Å². The fraction of sp³-hybridized carbons (Fsp3) is 0.273. The molecular formula is C22H22ClFN4O4S2. The maximum atomic E-state index is 13.2. The highest BCUT2D eigenvalue weighted by Crippen LogP contribution is 2.24. The molecule has 0 saturated carbocycles. The minimum Gasteiger partial charge on any atom is -0.484 e. The van der Waals surface area contributed by atoms with E-state index in [-0.39, 0.29) is 28.5 Å². The topological polar surface area (TPSA) is 101 Å². The number of piperidine rings is 1. The number of nitrogens with zero attached hydrogens (tertiary/aromatic N) is 2. The number of amides is 1. The molecule has 0 spiro atoms. The minimum atomic E-state index is -3.69. The summed E-state index contributed by atoms with van der Waals surface area (Å²) in [5, 5.41) is 4.90. The normalized spacial score (nSPS) is 14.6. The predicted octanol–water partition coefficient (Wildman–Crippen LogP) is 3.90. The third-order valence-corrected chi connectivity index (χ3v) is 7.75. The van der Waals surface area contributed by atoms with Gasteiger partial charge in [-0.15, -0.1) is 11.3 Å². The van der Waals surface area contributed by atoms with Crippen LogP contribution in [0.4, 0.5) is 15.2 Å². The Balaban J connectivity index is 1.24. The first-order valence-electron chi connectivity index (χ1n) is 10.4. The van der Waals surface area contributed by atoms with Crippen molar-refractivity contribution in [1.29, 1.82) is 0 Å². The van der Waals surface area contributed by atoms with E-state index in [1.54, 1.807) is 29.6 Å². The third-order valence-electron chi connectivity index (χ3n) is 5.29. The van der Waals surface area contributed by atoms with Crippen LogP contribution in [-0.2, 0) is 14.8 Å². The van der Waals surface area contributed by atoms with Gasteiger partial charge in [-0.2, -0.15) is 0 Å². The zero-order valence-corrected chi connectivity index (χ0v) is 20.3. The number of benzene rings is 2. The van der Waals surface area contributed by atoms with Crippen molar-refractivity contribution in [2.75, 3.05) is 29.3 Å². The third kappa shape index (κ3) is 6.16. The molecule has 1 aliphatic rings. The van der Waals surface area contributed by atoms with Crippen LogP contribution in [-0.4, -0.2) is 45.0 Å². The number of carbonyl (C=O) groups is 1. The summed E-state index contributed by atoms with van der Waals surface area (Å²) in [5.41, 5.74) is 0.912. The number of nitrogens with one attached hydrogen (secondary N) is 2. The van der Waals surface area contributed by atoms with E-state index < -0.39 is 15.8 Å². The monoisotopic (exact) mass is 524 g/mol. The molecule has 1 amide bonds. The molecule has 12 heteroatoms. The van der Waals surface area contributed by atoms with Gasteiger partial charge in [0.2, 0.25) is 0 Å². The fourth-order valence-corrected chi connectivity index (χ4v) is 5.51. The lowest BCUT2D eigenvalue weighted by Gasteiger charge is -2.34. The van der Waals surface area contributed by atoms with E-state index in [9.17, 15) is 17.6 Å². The van der Waals surface area contributed by atoms with Crippen molar-refractivity contribution in [2.45, 2.75) is 23.8 Å². The van der Waals surface area contributed by atoms with Crippen LogP contribution >= 0.6 is 22.9 Å². The second-order valence-electron chi connectivity index (χ2n) is 7.63. The van der Waals surface area contributed by atoms with Crippen LogP contribution in [0, 0.1) is 5.82 Å². The van der Waals surface area contributed by atoms with Gasteiger partial charge in [-0.1, -0.05) is 11.6 Å². The first kappa shape index (κ1) is 24.2. The van der Waals surface area contributed by atoms with Crippen LogP contribution in [0.15, 0.2) is 58.9 Å². The van der Waals surface area contributed by atoms with E-state index >= 15 is 0 Å². The molecule has 2 aromatic carbocycles. The number of hydrogen-bond donors (Lipinski definition) is 2. The Kier molecular flexibility index (Phi) is 7.54. The van der Waals surface area contributed by atoms with Gasteiger partial charge in [0.15, 0.2) is 11.7 Å². The molecule has 34 heavy (non-hydrogen) atoms. The van der Waals surface area contributed by atoms with Gasteiger partial charge in [0.25, 0.3) is 15.9 Å². The van der Waals surface area contributed by atoms with E-state index in [0.29, 0.717) is 24.0 Å². The zero-order chi connectivity index (χ0) is 24.1. The Morgan fingerprint density at radius 2 is 1.94 bits per heavy atom. The summed E-state index contributed by atoms with van der Waals surface area (Å²) in [4.78, 5) is 18.5. The van der Waals surface area contributed by atoms with Crippen LogP contribution in [0.5, 0.6) is 5.75 Å². The Morgan fingerprint density at radius 3 is 2.59 bits per heavy atom. The van der Waals surface area contributed by atoms with Crippen molar-refractivity contribution in [3.63, 3.8) is 0 Å². The van der Waals surface area contributed by atoms with Crippen LogP contribution in [0.2, 0.25) is 5.02 Å². The molecule has 4 rings (SSSR count). The van der Waals surface area contributed by atoms with Gasteiger partial charge in [0.1, 0.15) is 11.6 Å². The highest BCUT2D eigenvalue weighted by molar-refractivity contribution is 7.93. The quantitative estimate of drug-likeness (QED) is 0.463. The Hall–Kier alpha value is -2.89. The van der Waals surface area contributed by atoms with Gasteiger partial charge in [-0.3, -0.25) is 9.52 Å². The van der Waals surface area contributed by atoms with Gasteiger partial charge >= 0.3 is 0 Å². The minimum absolute atomic E-state index is 0.00584. The molecule has 1 aromatic heterocycles. The molecule has 2 N–H and O–H groups in total. The summed E-state index contributed by atoms with van der Waals surface area (Å²) in [6.07, 6.45) is 3.01. The molecule has 3 aromatic rings. The van der Waals surface area contributed by atoms with Gasteiger partial charge < -0.3 is 15.0 Å². The number of thiazole rings is 1. The number of sulfonamides is 1. The van der Waals surface area contributed by atoms with E-state index in [0.717, 1.165) is 18.5 Å². The number of carbonyl (C=O) groups excluding carboxylic acids is 1. The van der Waals surface area contributed by atoms with Crippen molar-refractivity contribution < 1.29 is 22.3 Å². The average molecular weight is 525 g/mol. The summed E-state index contributed by atoms with van der Waals surface area (Å²) >= 11 is 6.92. The summed E-state index contributed by atoms with van der Waals surface area (Å²) in [7, 11) is -3.69. The number of halogens is 2. The van der Waals surface area contributed by atoms with Gasteiger partial charge in [0, 0.05) is 42.5 Å². The maximum absolute atomic E-state index is 13.2. The smallest absolute Gasteiger partial charge is 0.263 e. The number of ether oxygens (including phenoxy) is 1. The van der Waals surface area contributed by atoms with Crippen molar-refractivity contribution in [3.8, 4) is 5.75 Å². The maximum Gasteiger partial charge on any atom is 0.263 e. The number of hydrogen-bond acceptors (Lipinski definition) is 7. The summed E-state index contributed by atoms with van der Waals surface area (Å²) in [5.74, 6) is -0.487. The van der Waals surface area contributed by atoms with E-state index in [1.165, 1.54) is 35.7 Å². The summed E-state index contributed by atoms with van der Waals surface area (Å²) < 4.78 is 46.0. The van der Waals surface area contributed by atoms with Crippen molar-refractivity contribution in [3.05, 3.63) is 64.9 Å². The molecule has 2 heterocycles. The lowest BCUT2D eigenvalue weighted by molar-refractivity contribution is -0.123. The van der Waals surface area contributed by atoms with Crippen LogP contribution in [0.3, 0.4) is 0 Å². The van der Waals surface area contributed by atoms with Crippen LogP contribution in [0.1, 0.15) is 12.8 Å². The number of anilines is 2. The zero-order valence-electron chi connectivity index (χ0n) is 17.9. The molecule has 1 fully saturated rings. The largest absolute Gasteiger partial charge is 0.484 e. The lowest BCUT2D eigenvalue weighted by atomic mass is 10.0. The standard InChI is InChI=1S/C22H22ClFN4O4S2/c23-19-13-17(3-6-20(19)24)32-14-21(29)26-15-7-10-28(11-8-15)16-1-4-18(5-2-16)34(30,31)27-22-25-9-12-33-22/h1-6,9,12-13,15H,7-8,10-11,14H2,(H,25,27)(H,26,29). The predicted molar refractivity (Wildman–Crippen MR) is 130 cm³/mol. The lowest BCUT2D eigenvalue weighted by Crippen LogP contribution is -2.46. The van der Waals surface area contributed by atoms with Crippen molar-refractivity contribution >= 4 is 49.7 Å². The Bertz CT molecular complexity index is 1230. The van der Waals surface area contributed by atoms with Crippen molar-refractivity contribution in [2.24, 2.45) is 0 Å². The van der Waals surface area contributed by atoms with E-state index in [4.69, 9.17) is 16.3 Å². The SMILES string of the molecule is O=C(COc1ccc(F)c(Cl)c1)NC1CCN(c2ccc(S(=O)(=O)Nc3nccs3)cc2)CC1. The second-order valence-corrected chi connectivity index (χ2v) is 10.6. The molecule has 180 valence electrons. The molecule has 0 atom stereocenters. The van der Waals surface area contributed by atoms with Gasteiger partial charge in [-0.05, 0) is 49.2 Å². The molecule has 0 unspecified atom stereocenters. The Labute approximate surface area is 205 Å². The first-order chi connectivity index (χ1) is 16.3. The second kappa shape index (κ2) is 10.6. The molecule has 1 saturated heterocycles. The molecule has 8 nitrogen and oxygen atoms in total. The average Bonchev–Trinajstić information content (AvgIpc) is 3.33. The first-order valence-corrected chi connectivity index (χ1v) is 13.2. The van der Waals surface area contributed by atoms with Crippen molar-refractivity contribution in [1.82, 2.24) is 10.3 Å². The highest BCUT2D eigenvalue weighted by atomic mass is 35.5.